The van der Waals surface area contributed by atoms with E-state index in [2.05, 4.69) is 31.2 Å². The molecular weight excluding hydrogens is 240 g/mol. The van der Waals surface area contributed by atoms with Crippen molar-refractivity contribution in [3.63, 3.8) is 0 Å². The highest BCUT2D eigenvalue weighted by Crippen LogP contribution is 2.28. The Morgan fingerprint density at radius 2 is 1.89 bits per heavy atom. The quantitative estimate of drug-likeness (QED) is 0.867. The summed E-state index contributed by atoms with van der Waals surface area (Å²) in [4.78, 5) is 14.1. The molecule has 1 amide bonds. The molecule has 0 radical (unpaired) electrons. The van der Waals surface area contributed by atoms with Crippen molar-refractivity contribution < 1.29 is 9.53 Å². The van der Waals surface area contributed by atoms with Gasteiger partial charge in [0.25, 0.3) is 0 Å². The van der Waals surface area contributed by atoms with E-state index in [0.29, 0.717) is 26.3 Å². The summed E-state index contributed by atoms with van der Waals surface area (Å²) in [5, 5.41) is 0. The van der Waals surface area contributed by atoms with Crippen molar-refractivity contribution in [1.82, 2.24) is 4.90 Å². The summed E-state index contributed by atoms with van der Waals surface area (Å²) in [6, 6.07) is 8.38. The minimum Gasteiger partial charge on any atom is -0.379 e. The van der Waals surface area contributed by atoms with Gasteiger partial charge in [-0.05, 0) is 17.5 Å². The maximum atomic E-state index is 12.4. The van der Waals surface area contributed by atoms with E-state index in [1.54, 1.807) is 4.90 Å². The van der Waals surface area contributed by atoms with Crippen LogP contribution in [-0.2, 0) is 22.5 Å². The van der Waals surface area contributed by atoms with Crippen LogP contribution in [-0.4, -0.2) is 37.6 Å². The van der Waals surface area contributed by atoms with E-state index in [9.17, 15) is 4.79 Å². The summed E-state index contributed by atoms with van der Waals surface area (Å²) in [7, 11) is 1.83. The molecular formula is C15H22N2O2. The summed E-state index contributed by atoms with van der Waals surface area (Å²) in [5.74, 6) is 0.0841. The second-order valence-corrected chi connectivity index (χ2v) is 5.31. The lowest BCUT2D eigenvalue weighted by Crippen LogP contribution is -2.58. The molecule has 4 heteroatoms. The first-order valence-corrected chi connectivity index (χ1v) is 6.72. The Hall–Kier alpha value is -1.39. The van der Waals surface area contributed by atoms with E-state index in [0.717, 1.165) is 12.0 Å². The Balaban J connectivity index is 1.99. The molecule has 104 valence electrons. The molecule has 1 aromatic rings. The van der Waals surface area contributed by atoms with Crippen molar-refractivity contribution >= 4 is 5.91 Å². The number of hydrogen-bond acceptors (Lipinski definition) is 3. The molecule has 1 fully saturated rings. The van der Waals surface area contributed by atoms with Crippen molar-refractivity contribution in [3.05, 3.63) is 35.4 Å². The second kappa shape index (κ2) is 5.72. The molecule has 0 unspecified atom stereocenters. The summed E-state index contributed by atoms with van der Waals surface area (Å²) in [6.45, 7) is 3.99. The van der Waals surface area contributed by atoms with Crippen LogP contribution in [0, 0.1) is 5.41 Å². The predicted octanol–water partition coefficient (Wildman–Crippen LogP) is 1.18. The van der Waals surface area contributed by atoms with Gasteiger partial charge in [0.2, 0.25) is 5.91 Å². The fourth-order valence-electron chi connectivity index (χ4n) is 2.31. The van der Waals surface area contributed by atoms with Crippen LogP contribution >= 0.6 is 0 Å². The van der Waals surface area contributed by atoms with Gasteiger partial charge in [0, 0.05) is 20.1 Å². The van der Waals surface area contributed by atoms with Crippen LogP contribution in [0.15, 0.2) is 24.3 Å². The number of carbonyl (C=O) groups is 1. The van der Waals surface area contributed by atoms with Gasteiger partial charge in [-0.15, -0.1) is 0 Å². The summed E-state index contributed by atoms with van der Waals surface area (Å²) >= 11 is 0. The Labute approximate surface area is 114 Å². The van der Waals surface area contributed by atoms with Gasteiger partial charge in [-0.1, -0.05) is 31.2 Å². The first kappa shape index (κ1) is 14.0. The smallest absolute Gasteiger partial charge is 0.234 e. The molecule has 0 aliphatic carbocycles. The maximum Gasteiger partial charge on any atom is 0.234 e. The first-order chi connectivity index (χ1) is 9.11. The second-order valence-electron chi connectivity index (χ2n) is 5.31. The molecule has 1 heterocycles. The van der Waals surface area contributed by atoms with Crippen LogP contribution in [0.1, 0.15) is 18.1 Å². The highest BCUT2D eigenvalue weighted by Gasteiger charge is 2.46. The molecule has 19 heavy (non-hydrogen) atoms. The largest absolute Gasteiger partial charge is 0.379 e. The van der Waals surface area contributed by atoms with Crippen LogP contribution in [0.3, 0.4) is 0 Å². The van der Waals surface area contributed by atoms with Gasteiger partial charge in [0.15, 0.2) is 0 Å². The Morgan fingerprint density at radius 1 is 1.32 bits per heavy atom. The number of hydrogen-bond donors (Lipinski definition) is 1. The fourth-order valence-corrected chi connectivity index (χ4v) is 2.31. The monoisotopic (exact) mass is 262 g/mol. The minimum absolute atomic E-state index is 0.0841. The molecule has 2 N–H and O–H groups in total. The third kappa shape index (κ3) is 2.80. The van der Waals surface area contributed by atoms with Gasteiger partial charge in [0.05, 0.1) is 13.2 Å². The molecule has 0 bridgehead atoms. The molecule has 1 aliphatic rings. The number of aryl methyl sites for hydroxylation is 1. The van der Waals surface area contributed by atoms with Gasteiger partial charge in [0.1, 0.15) is 5.41 Å². The molecule has 0 spiro atoms. The van der Waals surface area contributed by atoms with Crippen LogP contribution in [0.5, 0.6) is 0 Å². The maximum absolute atomic E-state index is 12.4. The van der Waals surface area contributed by atoms with Gasteiger partial charge < -0.3 is 15.4 Å². The van der Waals surface area contributed by atoms with Crippen LogP contribution in [0.4, 0.5) is 0 Å². The van der Waals surface area contributed by atoms with Crippen molar-refractivity contribution in [3.8, 4) is 0 Å². The Morgan fingerprint density at radius 3 is 2.32 bits per heavy atom. The Bertz CT molecular complexity index is 432. The number of nitrogens with zero attached hydrogens (tertiary/aromatic N) is 1. The van der Waals surface area contributed by atoms with E-state index in [4.69, 9.17) is 10.5 Å². The zero-order valence-corrected chi connectivity index (χ0v) is 11.7. The molecule has 0 aromatic heterocycles. The lowest BCUT2D eigenvalue weighted by Gasteiger charge is -2.41. The average Bonchev–Trinajstić information content (AvgIpc) is 2.39. The first-order valence-electron chi connectivity index (χ1n) is 6.72. The molecule has 1 aliphatic heterocycles. The molecule has 0 atom stereocenters. The lowest BCUT2D eigenvalue weighted by atomic mass is 9.84. The number of benzene rings is 1. The van der Waals surface area contributed by atoms with Gasteiger partial charge >= 0.3 is 0 Å². The van der Waals surface area contributed by atoms with Crippen LogP contribution < -0.4 is 5.73 Å². The number of ether oxygens (including phenoxy) is 1. The van der Waals surface area contributed by atoms with Crippen molar-refractivity contribution in [1.29, 1.82) is 0 Å². The van der Waals surface area contributed by atoms with E-state index >= 15 is 0 Å². The van der Waals surface area contributed by atoms with Crippen molar-refractivity contribution in [2.75, 3.05) is 26.8 Å². The summed E-state index contributed by atoms with van der Waals surface area (Å²) in [5.41, 5.74) is 7.67. The highest BCUT2D eigenvalue weighted by atomic mass is 16.5. The molecule has 1 aromatic carbocycles. The molecule has 4 nitrogen and oxygen atoms in total. The number of rotatable bonds is 5. The lowest BCUT2D eigenvalue weighted by molar-refractivity contribution is -0.169. The standard InChI is InChI=1S/C15H22N2O2/c1-3-12-4-6-13(7-5-12)8-17(2)14(18)15(9-16)10-19-11-15/h4-7H,3,8-11,16H2,1-2H3. The van der Waals surface area contributed by atoms with E-state index in [1.807, 2.05) is 7.05 Å². The molecule has 1 saturated heterocycles. The number of carbonyl (C=O) groups excluding carboxylic acids is 1. The fraction of sp³-hybridized carbons (Fsp3) is 0.533. The van der Waals surface area contributed by atoms with E-state index < -0.39 is 5.41 Å². The highest BCUT2D eigenvalue weighted by molar-refractivity contribution is 5.84. The van der Waals surface area contributed by atoms with Gasteiger partial charge in [-0.25, -0.2) is 0 Å². The normalized spacial score (nSPS) is 16.8. The van der Waals surface area contributed by atoms with Gasteiger partial charge in [-0.2, -0.15) is 0 Å². The Kier molecular flexibility index (Phi) is 4.22. The zero-order valence-electron chi connectivity index (χ0n) is 11.7. The molecule has 0 saturated carbocycles. The predicted molar refractivity (Wildman–Crippen MR) is 74.6 cm³/mol. The van der Waals surface area contributed by atoms with E-state index in [1.165, 1.54) is 5.56 Å². The zero-order chi connectivity index (χ0) is 13.9. The number of nitrogens with two attached hydrogens (primary N) is 1. The topological polar surface area (TPSA) is 55.6 Å². The van der Waals surface area contributed by atoms with Crippen molar-refractivity contribution in [2.45, 2.75) is 19.9 Å². The van der Waals surface area contributed by atoms with Gasteiger partial charge in [-0.3, -0.25) is 4.79 Å². The summed E-state index contributed by atoms with van der Waals surface area (Å²) < 4.78 is 5.15. The molecule has 2 rings (SSSR count). The third-order valence-electron chi connectivity index (χ3n) is 3.80. The van der Waals surface area contributed by atoms with Crippen LogP contribution in [0.2, 0.25) is 0 Å². The third-order valence-corrected chi connectivity index (χ3v) is 3.80. The van der Waals surface area contributed by atoms with E-state index in [-0.39, 0.29) is 5.91 Å². The SMILES string of the molecule is CCc1ccc(CN(C)C(=O)C2(CN)COC2)cc1. The van der Waals surface area contributed by atoms with Crippen LogP contribution in [0.25, 0.3) is 0 Å². The number of amides is 1. The average molecular weight is 262 g/mol. The van der Waals surface area contributed by atoms with Crippen molar-refractivity contribution in [2.24, 2.45) is 11.1 Å². The minimum atomic E-state index is -0.488. The summed E-state index contributed by atoms with van der Waals surface area (Å²) in [6.07, 6.45) is 1.03.